The fourth-order valence-electron chi connectivity index (χ4n) is 3.87. The van der Waals surface area contributed by atoms with Gasteiger partial charge in [-0.05, 0) is 74.4 Å². The number of esters is 1. The van der Waals surface area contributed by atoms with Gasteiger partial charge in [0.15, 0.2) is 0 Å². The van der Waals surface area contributed by atoms with Crippen molar-refractivity contribution >= 4 is 39.0 Å². The standard InChI is InChI=1S/C26H24N2O6S/c1-4-34-26(31)18-10-12-23-21(14-18)28(15-24(29)27-19-11-9-16(2)17(3)13-19)25(30)20-7-5-6-8-22(20)35(23,32)33/h5-14H,4,15H2,1-3H3,(H,27,29). The topological polar surface area (TPSA) is 110 Å². The Labute approximate surface area is 203 Å². The summed E-state index contributed by atoms with van der Waals surface area (Å²) in [5, 5.41) is 2.76. The first-order valence-electron chi connectivity index (χ1n) is 11.0. The number of hydrogen-bond donors (Lipinski definition) is 1. The van der Waals surface area contributed by atoms with Crippen LogP contribution in [0.2, 0.25) is 0 Å². The van der Waals surface area contributed by atoms with Crippen LogP contribution in [0.25, 0.3) is 0 Å². The van der Waals surface area contributed by atoms with Gasteiger partial charge in [-0.25, -0.2) is 13.2 Å². The molecule has 0 saturated carbocycles. The van der Waals surface area contributed by atoms with Crippen LogP contribution >= 0.6 is 0 Å². The van der Waals surface area contributed by atoms with Crippen LogP contribution in [0.1, 0.15) is 38.8 Å². The minimum absolute atomic E-state index is 0.0552. The first-order chi connectivity index (χ1) is 16.6. The van der Waals surface area contributed by atoms with Crippen molar-refractivity contribution in [2.45, 2.75) is 30.6 Å². The Bertz CT molecular complexity index is 1460. The minimum Gasteiger partial charge on any atom is -0.462 e. The number of carbonyl (C=O) groups excluding carboxylic acids is 3. The Kier molecular flexibility index (Phi) is 6.45. The number of amides is 2. The van der Waals surface area contributed by atoms with Crippen LogP contribution in [-0.4, -0.2) is 39.4 Å². The van der Waals surface area contributed by atoms with Crippen LogP contribution in [0.5, 0.6) is 0 Å². The molecule has 9 heteroatoms. The highest BCUT2D eigenvalue weighted by Gasteiger charge is 2.37. The zero-order chi connectivity index (χ0) is 25.3. The van der Waals surface area contributed by atoms with E-state index in [1.165, 1.54) is 36.4 Å². The molecule has 0 saturated heterocycles. The number of ether oxygens (including phenoxy) is 1. The highest BCUT2D eigenvalue weighted by molar-refractivity contribution is 7.91. The van der Waals surface area contributed by atoms with Crippen LogP contribution in [0.3, 0.4) is 0 Å². The lowest BCUT2D eigenvalue weighted by Crippen LogP contribution is -2.38. The Balaban J connectivity index is 1.81. The number of sulfone groups is 1. The summed E-state index contributed by atoms with van der Waals surface area (Å²) < 4.78 is 32.0. The van der Waals surface area contributed by atoms with Gasteiger partial charge in [-0.1, -0.05) is 18.2 Å². The second-order valence-electron chi connectivity index (χ2n) is 8.14. The predicted molar refractivity (Wildman–Crippen MR) is 131 cm³/mol. The number of nitrogens with one attached hydrogen (secondary N) is 1. The number of rotatable bonds is 5. The summed E-state index contributed by atoms with van der Waals surface area (Å²) in [6.07, 6.45) is 0. The molecule has 0 fully saturated rings. The van der Waals surface area contributed by atoms with Gasteiger partial charge in [0.05, 0.1) is 33.2 Å². The number of carbonyl (C=O) groups is 3. The summed E-state index contributed by atoms with van der Waals surface area (Å²) in [6, 6.07) is 15.1. The van der Waals surface area contributed by atoms with E-state index in [4.69, 9.17) is 4.74 Å². The molecule has 0 aliphatic carbocycles. The van der Waals surface area contributed by atoms with Gasteiger partial charge in [-0.3, -0.25) is 14.5 Å². The highest BCUT2D eigenvalue weighted by atomic mass is 32.2. The van der Waals surface area contributed by atoms with Crippen LogP contribution < -0.4 is 10.2 Å². The molecule has 0 spiro atoms. The van der Waals surface area contributed by atoms with Crippen LogP contribution in [-0.2, 0) is 19.4 Å². The van der Waals surface area contributed by atoms with Gasteiger partial charge in [-0.2, -0.15) is 0 Å². The first kappa shape index (κ1) is 24.2. The van der Waals surface area contributed by atoms with E-state index in [1.807, 2.05) is 26.0 Å². The Hall–Kier alpha value is -3.98. The summed E-state index contributed by atoms with van der Waals surface area (Å²) in [6.45, 7) is 5.18. The van der Waals surface area contributed by atoms with E-state index in [9.17, 15) is 22.8 Å². The van der Waals surface area contributed by atoms with E-state index >= 15 is 0 Å². The number of hydrogen-bond acceptors (Lipinski definition) is 6. The molecule has 180 valence electrons. The van der Waals surface area contributed by atoms with Gasteiger partial charge in [0.2, 0.25) is 15.7 Å². The van der Waals surface area contributed by atoms with E-state index in [-0.39, 0.29) is 33.2 Å². The van der Waals surface area contributed by atoms with Gasteiger partial charge >= 0.3 is 5.97 Å². The van der Waals surface area contributed by atoms with E-state index in [2.05, 4.69) is 5.32 Å². The van der Waals surface area contributed by atoms with E-state index in [1.54, 1.807) is 19.1 Å². The molecular formula is C26H24N2O6S. The lowest BCUT2D eigenvalue weighted by atomic mass is 10.1. The van der Waals surface area contributed by atoms with Gasteiger partial charge in [0.1, 0.15) is 6.54 Å². The molecule has 1 aliphatic rings. The fourth-order valence-corrected chi connectivity index (χ4v) is 5.50. The molecule has 3 aromatic rings. The monoisotopic (exact) mass is 492 g/mol. The Morgan fingerprint density at radius 2 is 1.69 bits per heavy atom. The molecule has 4 rings (SSSR count). The number of anilines is 2. The smallest absolute Gasteiger partial charge is 0.338 e. The zero-order valence-electron chi connectivity index (χ0n) is 19.5. The Morgan fingerprint density at radius 1 is 0.943 bits per heavy atom. The molecule has 3 aromatic carbocycles. The zero-order valence-corrected chi connectivity index (χ0v) is 20.3. The third-order valence-corrected chi connectivity index (χ3v) is 7.65. The van der Waals surface area contributed by atoms with Gasteiger partial charge in [-0.15, -0.1) is 0 Å². The molecule has 0 radical (unpaired) electrons. The van der Waals surface area contributed by atoms with Crippen molar-refractivity contribution in [2.24, 2.45) is 0 Å². The van der Waals surface area contributed by atoms with Crippen molar-refractivity contribution in [1.29, 1.82) is 0 Å². The Morgan fingerprint density at radius 3 is 2.40 bits per heavy atom. The number of aryl methyl sites for hydroxylation is 2. The first-order valence-corrected chi connectivity index (χ1v) is 12.5. The molecule has 0 atom stereocenters. The second-order valence-corrected chi connectivity index (χ2v) is 10.0. The fraction of sp³-hybridized carbons (Fsp3) is 0.192. The summed E-state index contributed by atoms with van der Waals surface area (Å²) >= 11 is 0. The summed E-state index contributed by atoms with van der Waals surface area (Å²) in [5.41, 5.74) is 2.55. The van der Waals surface area contributed by atoms with Crippen molar-refractivity contribution in [2.75, 3.05) is 23.4 Å². The molecule has 0 unspecified atom stereocenters. The normalized spacial score (nSPS) is 13.9. The average Bonchev–Trinajstić information content (AvgIpc) is 2.90. The van der Waals surface area contributed by atoms with Crippen LogP contribution in [0.4, 0.5) is 11.4 Å². The molecule has 1 heterocycles. The lowest BCUT2D eigenvalue weighted by molar-refractivity contribution is -0.114. The SMILES string of the molecule is CCOC(=O)c1ccc2c(c1)N(CC(=O)Nc1ccc(C)c(C)c1)C(=O)c1ccccc1S2(=O)=O. The van der Waals surface area contributed by atoms with Crippen molar-refractivity contribution in [3.05, 3.63) is 82.9 Å². The number of benzene rings is 3. The summed E-state index contributed by atoms with van der Waals surface area (Å²) in [4.78, 5) is 39.6. The maximum Gasteiger partial charge on any atom is 0.338 e. The molecular weight excluding hydrogens is 468 g/mol. The summed E-state index contributed by atoms with van der Waals surface area (Å²) in [5.74, 6) is -1.86. The maximum absolute atomic E-state index is 13.5. The third-order valence-electron chi connectivity index (χ3n) is 5.79. The molecule has 1 N–H and O–H groups in total. The molecule has 0 aromatic heterocycles. The van der Waals surface area contributed by atoms with Gasteiger partial charge in [0, 0.05) is 5.69 Å². The quantitative estimate of drug-likeness (QED) is 0.541. The van der Waals surface area contributed by atoms with E-state index < -0.39 is 34.2 Å². The molecule has 0 bridgehead atoms. The number of nitrogens with zero attached hydrogens (tertiary/aromatic N) is 1. The average molecular weight is 493 g/mol. The van der Waals surface area contributed by atoms with E-state index in [0.29, 0.717) is 5.69 Å². The van der Waals surface area contributed by atoms with E-state index in [0.717, 1.165) is 16.0 Å². The van der Waals surface area contributed by atoms with Crippen molar-refractivity contribution in [3.8, 4) is 0 Å². The second kappa shape index (κ2) is 9.34. The maximum atomic E-state index is 13.5. The van der Waals surface area contributed by atoms with Crippen molar-refractivity contribution in [1.82, 2.24) is 0 Å². The van der Waals surface area contributed by atoms with Gasteiger partial charge in [0.25, 0.3) is 5.91 Å². The third kappa shape index (κ3) is 4.54. The molecule has 8 nitrogen and oxygen atoms in total. The van der Waals surface area contributed by atoms with Crippen LogP contribution in [0.15, 0.2) is 70.5 Å². The van der Waals surface area contributed by atoms with Crippen LogP contribution in [0, 0.1) is 13.8 Å². The largest absolute Gasteiger partial charge is 0.462 e. The highest BCUT2D eigenvalue weighted by Crippen LogP contribution is 2.37. The van der Waals surface area contributed by atoms with Gasteiger partial charge < -0.3 is 10.1 Å². The van der Waals surface area contributed by atoms with Crippen molar-refractivity contribution in [3.63, 3.8) is 0 Å². The number of fused-ring (bicyclic) bond motifs is 2. The molecule has 35 heavy (non-hydrogen) atoms. The van der Waals surface area contributed by atoms with Crippen molar-refractivity contribution < 1.29 is 27.5 Å². The minimum atomic E-state index is -4.11. The summed E-state index contributed by atoms with van der Waals surface area (Å²) in [7, 11) is -4.11. The predicted octanol–water partition coefficient (Wildman–Crippen LogP) is 3.91. The molecule has 1 aliphatic heterocycles. The molecule has 2 amide bonds. The lowest BCUT2D eigenvalue weighted by Gasteiger charge is -2.23.